The highest BCUT2D eigenvalue weighted by Crippen LogP contribution is 2.28. The number of nitrogens with zero attached hydrogens (tertiary/aromatic N) is 10. The lowest BCUT2D eigenvalue weighted by Crippen LogP contribution is -2.24. The van der Waals surface area contributed by atoms with Crippen LogP contribution < -0.4 is 22.5 Å². The molecule has 0 fully saturated rings. The van der Waals surface area contributed by atoms with Gasteiger partial charge in [0, 0.05) is 46.7 Å². The first-order valence-electron chi connectivity index (χ1n) is 17.0. The van der Waals surface area contributed by atoms with Gasteiger partial charge in [-0.3, -0.25) is 14.8 Å². The van der Waals surface area contributed by atoms with Gasteiger partial charge in [0.25, 0.3) is 5.91 Å². The molecule has 0 saturated carbocycles. The van der Waals surface area contributed by atoms with Gasteiger partial charge in [0.2, 0.25) is 0 Å². The minimum Gasteiger partial charge on any atom is -0.477 e. The highest BCUT2D eigenvalue weighted by Gasteiger charge is 2.13. The fourth-order valence-corrected chi connectivity index (χ4v) is 5.53. The largest absolute Gasteiger partial charge is 0.477 e. The average molecular weight is 757 g/mol. The van der Waals surface area contributed by atoms with Gasteiger partial charge < -0.3 is 27.6 Å². The number of hydrogen-bond donors (Lipinski definition) is 5. The van der Waals surface area contributed by atoms with E-state index in [1.165, 1.54) is 6.07 Å². The number of nitrogens with one attached hydrogen (secondary N) is 1. The Kier molecular flexibility index (Phi) is 11.7. The zero-order chi connectivity index (χ0) is 40.3. The summed E-state index contributed by atoms with van der Waals surface area (Å²) in [6.07, 6.45) is 10.1. The van der Waals surface area contributed by atoms with Crippen LogP contribution in [-0.4, -0.2) is 69.6 Å². The van der Waals surface area contributed by atoms with Crippen molar-refractivity contribution in [3.63, 3.8) is 0 Å². The fourth-order valence-electron chi connectivity index (χ4n) is 5.53. The molecule has 17 heteroatoms. The van der Waals surface area contributed by atoms with E-state index in [0.717, 1.165) is 44.1 Å². The number of rotatable bonds is 7. The minimum absolute atomic E-state index is 0.0302. The van der Waals surface area contributed by atoms with Gasteiger partial charge in [-0.2, -0.15) is 20.7 Å². The molecule has 0 atom stereocenters. The molecule has 0 bridgehead atoms. The van der Waals surface area contributed by atoms with Crippen LogP contribution >= 0.6 is 0 Å². The number of carboxylic acid groups (broad SMARTS) is 1. The van der Waals surface area contributed by atoms with Crippen molar-refractivity contribution in [1.29, 1.82) is 10.5 Å². The number of hydrogen-bond acceptors (Lipinski definition) is 13. The molecule has 6 aromatic heterocycles. The second-order valence-electron chi connectivity index (χ2n) is 11.9. The number of amides is 1. The quantitative estimate of drug-likeness (QED) is 0.140. The molecule has 8 aromatic rings. The molecule has 6 heterocycles. The topological polar surface area (TPSA) is 279 Å². The van der Waals surface area contributed by atoms with Crippen molar-refractivity contribution in [1.82, 2.24) is 44.8 Å². The number of anilines is 2. The SMILES string of the molecule is N#CCN.N#CCNC(=O)c1cccc(-n2ncc3ccc(-c4cncc(N)c4)cc32)n1.Nc1cncc(-c2ccc3cnn(-c4cccc(C(=O)O)n4)c3c2)c1. The Morgan fingerprint density at radius 2 is 1.14 bits per heavy atom. The molecular weight excluding hydrogens is 725 g/mol. The minimum atomic E-state index is -1.08. The molecule has 0 unspecified atom stereocenters. The Hall–Kier alpha value is -8.54. The molecule has 8 rings (SSSR count). The van der Waals surface area contributed by atoms with Gasteiger partial charge in [-0.25, -0.2) is 24.1 Å². The monoisotopic (exact) mass is 756 g/mol. The fraction of sp³-hybridized carbons (Fsp3) is 0.0500. The Morgan fingerprint density at radius 3 is 1.60 bits per heavy atom. The Labute approximate surface area is 324 Å². The van der Waals surface area contributed by atoms with Crippen molar-refractivity contribution in [2.75, 3.05) is 24.6 Å². The van der Waals surface area contributed by atoms with Gasteiger partial charge in [-0.05, 0) is 59.7 Å². The van der Waals surface area contributed by atoms with E-state index in [1.54, 1.807) is 82.9 Å². The van der Waals surface area contributed by atoms with Gasteiger partial charge in [-0.1, -0.05) is 36.4 Å². The van der Waals surface area contributed by atoms with Crippen LogP contribution in [0, 0.1) is 22.7 Å². The predicted octanol–water partition coefficient (Wildman–Crippen LogP) is 4.55. The van der Waals surface area contributed by atoms with E-state index >= 15 is 0 Å². The summed E-state index contributed by atoms with van der Waals surface area (Å²) in [6.45, 7) is 0.0487. The number of nitriles is 2. The second kappa shape index (κ2) is 17.5. The van der Waals surface area contributed by atoms with Crippen molar-refractivity contribution < 1.29 is 14.7 Å². The predicted molar refractivity (Wildman–Crippen MR) is 213 cm³/mol. The maximum absolute atomic E-state index is 12.1. The van der Waals surface area contributed by atoms with Crippen LogP contribution in [0.3, 0.4) is 0 Å². The third kappa shape index (κ3) is 8.99. The summed E-state index contributed by atoms with van der Waals surface area (Å²) >= 11 is 0. The third-order valence-electron chi connectivity index (χ3n) is 8.10. The maximum atomic E-state index is 12.1. The molecule has 0 radical (unpaired) electrons. The van der Waals surface area contributed by atoms with Crippen LogP contribution in [0.15, 0.2) is 122 Å². The summed E-state index contributed by atoms with van der Waals surface area (Å²) in [5.74, 6) is -0.545. The lowest BCUT2D eigenvalue weighted by Gasteiger charge is -2.07. The van der Waals surface area contributed by atoms with Gasteiger partial charge in [-0.15, -0.1) is 0 Å². The molecule has 8 N–H and O–H groups in total. The second-order valence-corrected chi connectivity index (χ2v) is 11.9. The molecule has 1 amide bonds. The first-order chi connectivity index (χ1) is 27.7. The lowest BCUT2D eigenvalue weighted by atomic mass is 10.1. The molecular formula is C40H32N14O3. The van der Waals surface area contributed by atoms with E-state index in [1.807, 2.05) is 54.6 Å². The summed E-state index contributed by atoms with van der Waals surface area (Å²) in [5, 5.41) is 38.3. The first kappa shape index (κ1) is 38.2. The Balaban J connectivity index is 0.000000177. The number of nitrogens with two attached hydrogens (primary N) is 3. The van der Waals surface area contributed by atoms with Crippen molar-refractivity contribution in [2.45, 2.75) is 0 Å². The van der Waals surface area contributed by atoms with Crippen molar-refractivity contribution >= 4 is 45.1 Å². The van der Waals surface area contributed by atoms with E-state index < -0.39 is 11.9 Å². The highest BCUT2D eigenvalue weighted by molar-refractivity contribution is 5.93. The van der Waals surface area contributed by atoms with Crippen LogP contribution in [0.4, 0.5) is 11.4 Å². The number of pyridine rings is 4. The van der Waals surface area contributed by atoms with Gasteiger partial charge in [0.15, 0.2) is 17.3 Å². The molecule has 57 heavy (non-hydrogen) atoms. The standard InChI is InChI=1S/C20H15N7O.C18H13N5O2.C2H4N2/c21-6-7-24-20(28)17-2-1-3-19(26-17)27-18-9-13(4-5-14(18)11-25-27)15-8-16(22)12-23-10-15;19-14-6-13(8-20-10-14)11-4-5-12-9-21-23(16(12)7-11)17-3-1-2-15(22-17)18(24)25;3-1-2-4/h1-5,8-12H,7,22H2,(H,24,28);1-10H,19H2,(H,24,25);1,3H2. The van der Waals surface area contributed by atoms with Crippen LogP contribution in [-0.2, 0) is 0 Å². The zero-order valence-electron chi connectivity index (χ0n) is 29.9. The number of carboxylic acids is 1. The molecule has 0 aliphatic rings. The van der Waals surface area contributed by atoms with Crippen molar-refractivity contribution in [2.24, 2.45) is 5.73 Å². The number of benzene rings is 2. The maximum Gasteiger partial charge on any atom is 0.354 e. The number of aromatic nitrogens is 8. The van der Waals surface area contributed by atoms with E-state index in [2.05, 4.69) is 41.2 Å². The van der Waals surface area contributed by atoms with E-state index in [4.69, 9.17) is 27.1 Å². The van der Waals surface area contributed by atoms with Crippen molar-refractivity contribution in [3.8, 4) is 46.0 Å². The van der Waals surface area contributed by atoms with Gasteiger partial charge >= 0.3 is 5.97 Å². The van der Waals surface area contributed by atoms with E-state index in [-0.39, 0.29) is 24.5 Å². The number of aromatic carboxylic acids is 1. The third-order valence-corrected chi connectivity index (χ3v) is 8.10. The van der Waals surface area contributed by atoms with Crippen molar-refractivity contribution in [3.05, 3.63) is 133 Å². The Morgan fingerprint density at radius 1 is 0.649 bits per heavy atom. The van der Waals surface area contributed by atoms with E-state index in [9.17, 15) is 9.59 Å². The zero-order valence-corrected chi connectivity index (χ0v) is 29.9. The summed E-state index contributed by atoms with van der Waals surface area (Å²) in [7, 11) is 0. The molecule has 0 spiro atoms. The van der Waals surface area contributed by atoms with Gasteiger partial charge in [0.1, 0.15) is 12.2 Å². The average Bonchev–Trinajstić information content (AvgIpc) is 3.87. The number of carbonyl (C=O) groups excluding carboxylic acids is 1. The summed E-state index contributed by atoms with van der Waals surface area (Å²) in [5.41, 5.74) is 23.0. The normalized spacial score (nSPS) is 10.3. The smallest absolute Gasteiger partial charge is 0.354 e. The van der Waals surface area contributed by atoms with E-state index in [0.29, 0.717) is 23.0 Å². The van der Waals surface area contributed by atoms with Gasteiger partial charge in [0.05, 0.1) is 53.5 Å². The molecule has 17 nitrogen and oxygen atoms in total. The summed E-state index contributed by atoms with van der Waals surface area (Å²) in [6, 6.07) is 28.9. The highest BCUT2D eigenvalue weighted by atomic mass is 16.4. The van der Waals surface area contributed by atoms with Crippen LogP contribution in [0.5, 0.6) is 0 Å². The molecule has 0 aliphatic carbocycles. The lowest BCUT2D eigenvalue weighted by molar-refractivity contribution is 0.0690. The number of nitrogen functional groups attached to an aromatic ring is 2. The number of carbonyl (C=O) groups is 2. The Bertz CT molecular complexity index is 2820. The van der Waals surface area contributed by atoms with Crippen LogP contribution in [0.25, 0.3) is 55.7 Å². The van der Waals surface area contributed by atoms with Crippen LogP contribution in [0.1, 0.15) is 21.0 Å². The summed E-state index contributed by atoms with van der Waals surface area (Å²) in [4.78, 5) is 40.0. The van der Waals surface area contributed by atoms with Crippen LogP contribution in [0.2, 0.25) is 0 Å². The first-order valence-corrected chi connectivity index (χ1v) is 17.0. The summed E-state index contributed by atoms with van der Waals surface area (Å²) < 4.78 is 3.28. The molecule has 2 aromatic carbocycles. The molecule has 0 saturated heterocycles. The molecule has 280 valence electrons. The molecule has 0 aliphatic heterocycles. The number of fused-ring (bicyclic) bond motifs is 2.